The van der Waals surface area contributed by atoms with Crippen molar-refractivity contribution < 1.29 is 10.2 Å². The minimum absolute atomic E-state index is 0.371. The Morgan fingerprint density at radius 3 is 2.33 bits per heavy atom. The highest BCUT2D eigenvalue weighted by Gasteiger charge is 2.06. The lowest BCUT2D eigenvalue weighted by Gasteiger charge is -2.11. The van der Waals surface area contributed by atoms with Gasteiger partial charge in [0.15, 0.2) is 0 Å². The minimum Gasteiger partial charge on any atom is -0.389 e. The number of rotatable bonds is 13. The van der Waals surface area contributed by atoms with Crippen LogP contribution in [-0.4, -0.2) is 16.3 Å². The molecule has 1 rings (SSSR count). The van der Waals surface area contributed by atoms with Gasteiger partial charge in [-0.3, -0.25) is 0 Å². The Balaban J connectivity index is 2.37. The molecular weight excluding hydrogens is 296 g/mol. The summed E-state index contributed by atoms with van der Waals surface area (Å²) in [5.74, 6) is 0. The molecule has 0 fully saturated rings. The fourth-order valence-electron chi connectivity index (χ4n) is 2.89. The number of aliphatic hydroxyl groups excluding tert-OH is 2. The lowest BCUT2D eigenvalue weighted by atomic mass is 10.0. The number of hydrogen-bond donors (Lipinski definition) is 2. The van der Waals surface area contributed by atoms with Gasteiger partial charge in [-0.2, -0.15) is 0 Å². The maximum absolute atomic E-state index is 10.2. The predicted molar refractivity (Wildman–Crippen MR) is 104 cm³/mol. The summed E-state index contributed by atoms with van der Waals surface area (Å²) in [5, 5.41) is 20.3. The van der Waals surface area contributed by atoms with E-state index in [2.05, 4.69) is 13.8 Å². The summed E-state index contributed by atoms with van der Waals surface area (Å²) in [5.41, 5.74) is 2.01. The molecule has 0 saturated carbocycles. The second-order valence-electron chi connectivity index (χ2n) is 6.81. The largest absolute Gasteiger partial charge is 0.389 e. The maximum Gasteiger partial charge on any atom is 0.0790 e. The molecule has 0 aliphatic rings. The first-order chi connectivity index (χ1) is 11.7. The monoisotopic (exact) mass is 332 g/mol. The molecule has 1 aromatic carbocycles. The Morgan fingerprint density at radius 2 is 1.58 bits per heavy atom. The summed E-state index contributed by atoms with van der Waals surface area (Å²) in [6, 6.07) is 7.99. The van der Waals surface area contributed by atoms with E-state index in [4.69, 9.17) is 0 Å². The summed E-state index contributed by atoms with van der Waals surface area (Å²) in [6.45, 7) is 4.36. The van der Waals surface area contributed by atoms with Crippen molar-refractivity contribution in [3.8, 4) is 0 Å². The second kappa shape index (κ2) is 13.2. The van der Waals surface area contributed by atoms with Crippen LogP contribution < -0.4 is 0 Å². The van der Waals surface area contributed by atoms with E-state index >= 15 is 0 Å². The van der Waals surface area contributed by atoms with Crippen LogP contribution in [0.4, 0.5) is 0 Å². The van der Waals surface area contributed by atoms with Gasteiger partial charge in [-0.15, -0.1) is 0 Å². The van der Waals surface area contributed by atoms with Crippen molar-refractivity contribution in [1.82, 2.24) is 0 Å². The van der Waals surface area contributed by atoms with Gasteiger partial charge in [-0.25, -0.2) is 0 Å². The van der Waals surface area contributed by atoms with E-state index in [0.29, 0.717) is 0 Å². The molecule has 2 heteroatoms. The Labute approximate surface area is 148 Å². The first-order valence-electron chi connectivity index (χ1n) is 9.81. The van der Waals surface area contributed by atoms with Crippen molar-refractivity contribution in [2.75, 3.05) is 0 Å². The van der Waals surface area contributed by atoms with Crippen molar-refractivity contribution in [3.05, 3.63) is 41.5 Å². The van der Waals surface area contributed by atoms with Crippen LogP contribution in [0.25, 0.3) is 6.08 Å². The van der Waals surface area contributed by atoms with Crippen LogP contribution >= 0.6 is 0 Å². The van der Waals surface area contributed by atoms with Crippen LogP contribution in [0.1, 0.15) is 95.3 Å². The molecule has 0 bridgehead atoms. The van der Waals surface area contributed by atoms with Crippen LogP contribution in [0.15, 0.2) is 30.3 Å². The summed E-state index contributed by atoms with van der Waals surface area (Å²) < 4.78 is 0. The zero-order valence-corrected chi connectivity index (χ0v) is 15.6. The molecule has 24 heavy (non-hydrogen) atoms. The van der Waals surface area contributed by atoms with Crippen molar-refractivity contribution in [1.29, 1.82) is 0 Å². The van der Waals surface area contributed by atoms with Gasteiger partial charge in [0, 0.05) is 0 Å². The van der Waals surface area contributed by atoms with Crippen molar-refractivity contribution >= 4 is 6.08 Å². The molecule has 0 radical (unpaired) electrons. The van der Waals surface area contributed by atoms with E-state index in [9.17, 15) is 10.2 Å². The molecule has 0 aliphatic carbocycles. The van der Waals surface area contributed by atoms with E-state index in [-0.39, 0.29) is 12.2 Å². The molecule has 0 amide bonds. The van der Waals surface area contributed by atoms with Crippen LogP contribution in [0.5, 0.6) is 0 Å². The minimum atomic E-state index is -0.383. The van der Waals surface area contributed by atoms with Gasteiger partial charge < -0.3 is 10.2 Å². The van der Waals surface area contributed by atoms with E-state index in [1.165, 1.54) is 32.1 Å². The normalized spacial score (nSPS) is 14.2. The molecule has 2 unspecified atom stereocenters. The van der Waals surface area contributed by atoms with Crippen LogP contribution in [-0.2, 0) is 0 Å². The van der Waals surface area contributed by atoms with Crippen molar-refractivity contribution in [2.45, 2.75) is 90.3 Å². The molecule has 0 spiro atoms. The predicted octanol–water partition coefficient (Wildman–Crippen LogP) is 6.03. The topological polar surface area (TPSA) is 40.5 Å². The lowest BCUT2D eigenvalue weighted by molar-refractivity contribution is 0.164. The molecule has 1 aromatic rings. The fourth-order valence-corrected chi connectivity index (χ4v) is 2.89. The summed E-state index contributed by atoms with van der Waals surface area (Å²) in [6.07, 6.45) is 14.4. The van der Waals surface area contributed by atoms with Gasteiger partial charge in [-0.1, -0.05) is 95.6 Å². The molecular formula is C22H36O2. The SMILES string of the molecule is CCCCCCCCC(O)C=Cc1cccc(C(O)CCCC)c1. The standard InChI is InChI=1S/C22H36O2/c1-3-5-7-8-9-10-14-21(23)17-16-19-12-11-13-20(18-19)22(24)15-6-4-2/h11-13,16-18,21-24H,3-10,14-15H2,1-2H3. The number of unbranched alkanes of at least 4 members (excludes halogenated alkanes) is 6. The van der Waals surface area contributed by atoms with Gasteiger partial charge in [0.05, 0.1) is 12.2 Å². The van der Waals surface area contributed by atoms with E-state index < -0.39 is 0 Å². The van der Waals surface area contributed by atoms with Gasteiger partial charge in [0.25, 0.3) is 0 Å². The number of hydrogen-bond acceptors (Lipinski definition) is 2. The van der Waals surface area contributed by atoms with Gasteiger partial charge in [0.1, 0.15) is 0 Å². The third-order valence-corrected chi connectivity index (χ3v) is 4.49. The van der Waals surface area contributed by atoms with E-state index in [0.717, 1.165) is 43.2 Å². The molecule has 0 saturated heterocycles. The highest BCUT2D eigenvalue weighted by atomic mass is 16.3. The average Bonchev–Trinajstić information content (AvgIpc) is 2.61. The highest BCUT2D eigenvalue weighted by molar-refractivity contribution is 5.51. The molecule has 0 aliphatic heterocycles. The zero-order valence-electron chi connectivity index (χ0n) is 15.6. The van der Waals surface area contributed by atoms with Crippen LogP contribution in [0.2, 0.25) is 0 Å². The molecule has 0 heterocycles. The quantitative estimate of drug-likeness (QED) is 0.433. The van der Waals surface area contributed by atoms with Crippen LogP contribution in [0, 0.1) is 0 Å². The fraction of sp³-hybridized carbons (Fsp3) is 0.636. The molecule has 136 valence electrons. The Kier molecular flexibility index (Phi) is 11.5. The summed E-state index contributed by atoms with van der Waals surface area (Å²) >= 11 is 0. The first kappa shape index (κ1) is 20.9. The summed E-state index contributed by atoms with van der Waals surface area (Å²) in [4.78, 5) is 0. The number of aliphatic hydroxyl groups is 2. The van der Waals surface area contributed by atoms with Crippen molar-refractivity contribution in [3.63, 3.8) is 0 Å². The Morgan fingerprint density at radius 1 is 0.875 bits per heavy atom. The molecule has 0 aromatic heterocycles. The molecule has 2 nitrogen and oxygen atoms in total. The Bertz CT molecular complexity index is 453. The van der Waals surface area contributed by atoms with Gasteiger partial charge in [0.2, 0.25) is 0 Å². The average molecular weight is 333 g/mol. The lowest BCUT2D eigenvalue weighted by Crippen LogP contribution is -2.01. The first-order valence-corrected chi connectivity index (χ1v) is 9.81. The Hall–Kier alpha value is -1.12. The highest BCUT2D eigenvalue weighted by Crippen LogP contribution is 2.21. The summed E-state index contributed by atoms with van der Waals surface area (Å²) in [7, 11) is 0. The van der Waals surface area contributed by atoms with E-state index in [1.54, 1.807) is 0 Å². The van der Waals surface area contributed by atoms with E-state index in [1.807, 2.05) is 36.4 Å². The third kappa shape index (κ3) is 9.24. The van der Waals surface area contributed by atoms with Gasteiger partial charge >= 0.3 is 0 Å². The van der Waals surface area contributed by atoms with Gasteiger partial charge in [-0.05, 0) is 30.0 Å². The third-order valence-electron chi connectivity index (χ3n) is 4.49. The maximum atomic E-state index is 10.2. The number of benzene rings is 1. The molecule has 2 atom stereocenters. The zero-order chi connectivity index (χ0) is 17.6. The smallest absolute Gasteiger partial charge is 0.0790 e. The second-order valence-corrected chi connectivity index (χ2v) is 6.81. The van der Waals surface area contributed by atoms with Crippen LogP contribution in [0.3, 0.4) is 0 Å². The molecule has 2 N–H and O–H groups in total. The van der Waals surface area contributed by atoms with Crippen molar-refractivity contribution in [2.24, 2.45) is 0 Å².